The number of hydrogen-bond donors (Lipinski definition) is 0. The molecule has 0 N–H and O–H groups in total. The smallest absolute Gasteiger partial charge is 0.246 e. The molecule has 2 aliphatic rings. The van der Waals surface area contributed by atoms with Gasteiger partial charge in [0.05, 0.1) is 7.11 Å². The maximum atomic E-state index is 13.4. The Hall–Kier alpha value is -1.90. The topological polar surface area (TPSA) is 66.9 Å². The number of fused-ring (bicyclic) bond motifs is 1. The first-order valence-corrected chi connectivity index (χ1v) is 13.2. The number of anilines is 1. The van der Waals surface area contributed by atoms with Crippen LogP contribution in [0.1, 0.15) is 43.7 Å². The molecule has 0 atom stereocenters. The number of amides is 1. The summed E-state index contributed by atoms with van der Waals surface area (Å²) in [5.41, 5.74) is 3.10. The molecule has 8 heteroatoms. The highest BCUT2D eigenvalue weighted by Gasteiger charge is 2.37. The van der Waals surface area contributed by atoms with Gasteiger partial charge >= 0.3 is 0 Å². The Morgan fingerprint density at radius 1 is 1.09 bits per heavy atom. The van der Waals surface area contributed by atoms with E-state index in [4.69, 9.17) is 4.74 Å². The zero-order valence-electron chi connectivity index (χ0n) is 18.7. The van der Waals surface area contributed by atoms with Crippen LogP contribution in [0.15, 0.2) is 45.8 Å². The number of rotatable bonds is 5. The molecule has 0 bridgehead atoms. The second kappa shape index (κ2) is 9.15. The fraction of sp³-hybridized carbons (Fsp3) is 0.458. The van der Waals surface area contributed by atoms with Crippen molar-refractivity contribution in [2.24, 2.45) is 5.92 Å². The Kier molecular flexibility index (Phi) is 6.66. The first-order valence-electron chi connectivity index (χ1n) is 11.0. The molecule has 1 saturated heterocycles. The molecular weight excluding hydrogens is 492 g/mol. The van der Waals surface area contributed by atoms with E-state index in [1.165, 1.54) is 17.0 Å². The van der Waals surface area contributed by atoms with Gasteiger partial charge in [-0.25, -0.2) is 8.42 Å². The van der Waals surface area contributed by atoms with Crippen LogP contribution in [-0.2, 0) is 21.2 Å². The van der Waals surface area contributed by atoms with Crippen LogP contribution in [0.3, 0.4) is 0 Å². The maximum absolute atomic E-state index is 13.4. The monoisotopic (exact) mass is 520 g/mol. The van der Waals surface area contributed by atoms with E-state index in [1.54, 1.807) is 12.1 Å². The summed E-state index contributed by atoms with van der Waals surface area (Å²) in [7, 11) is -2.22. The Bertz CT molecular complexity index is 1120. The molecule has 2 aliphatic heterocycles. The molecule has 2 aromatic carbocycles. The van der Waals surface area contributed by atoms with Crippen LogP contribution in [0.25, 0.3) is 0 Å². The lowest BCUT2D eigenvalue weighted by Crippen LogP contribution is -2.44. The van der Waals surface area contributed by atoms with Gasteiger partial charge in [0.15, 0.2) is 0 Å². The molecule has 32 heavy (non-hydrogen) atoms. The molecule has 6 nitrogen and oxygen atoms in total. The third-order valence-electron chi connectivity index (χ3n) is 6.48. The number of nitrogens with zero attached hydrogens (tertiary/aromatic N) is 2. The number of piperidine rings is 1. The Labute approximate surface area is 198 Å². The van der Waals surface area contributed by atoms with Crippen LogP contribution in [0.4, 0.5) is 5.69 Å². The number of methoxy groups -OCH3 is 1. The molecule has 2 heterocycles. The zero-order chi connectivity index (χ0) is 23.0. The fourth-order valence-electron chi connectivity index (χ4n) is 4.56. The van der Waals surface area contributed by atoms with Gasteiger partial charge in [-0.3, -0.25) is 4.79 Å². The van der Waals surface area contributed by atoms with Gasteiger partial charge in [0.1, 0.15) is 10.6 Å². The van der Waals surface area contributed by atoms with E-state index in [-0.39, 0.29) is 22.6 Å². The number of sulfonamides is 1. The van der Waals surface area contributed by atoms with Gasteiger partial charge in [0, 0.05) is 35.7 Å². The first kappa shape index (κ1) is 23.3. The predicted octanol–water partition coefficient (Wildman–Crippen LogP) is 4.57. The van der Waals surface area contributed by atoms with E-state index in [1.807, 2.05) is 36.9 Å². The van der Waals surface area contributed by atoms with E-state index in [0.717, 1.165) is 22.1 Å². The average molecular weight is 521 g/mol. The number of benzene rings is 2. The third-order valence-corrected chi connectivity index (χ3v) is 8.89. The average Bonchev–Trinajstić information content (AvgIpc) is 3.21. The molecule has 0 aromatic heterocycles. The number of hydrogen-bond acceptors (Lipinski definition) is 4. The minimum atomic E-state index is -3.70. The third kappa shape index (κ3) is 4.32. The fourth-order valence-corrected chi connectivity index (χ4v) is 6.62. The molecule has 2 aromatic rings. The Morgan fingerprint density at radius 2 is 1.81 bits per heavy atom. The predicted molar refractivity (Wildman–Crippen MR) is 129 cm³/mol. The number of ether oxygens (including phenoxy) is 1. The molecule has 4 rings (SSSR count). The number of carbonyl (C=O) groups is 1. The molecule has 0 saturated carbocycles. The van der Waals surface area contributed by atoms with Crippen molar-refractivity contribution in [2.75, 3.05) is 31.6 Å². The minimum Gasteiger partial charge on any atom is -0.495 e. The largest absolute Gasteiger partial charge is 0.495 e. The number of halogens is 1. The van der Waals surface area contributed by atoms with Crippen LogP contribution in [-0.4, -0.2) is 45.4 Å². The summed E-state index contributed by atoms with van der Waals surface area (Å²) in [5, 5.41) is 0. The molecule has 0 aliphatic carbocycles. The highest BCUT2D eigenvalue weighted by atomic mass is 79.9. The highest BCUT2D eigenvalue weighted by molar-refractivity contribution is 9.10. The minimum absolute atomic E-state index is 0.0995. The summed E-state index contributed by atoms with van der Waals surface area (Å²) in [6.45, 7) is 5.40. The van der Waals surface area contributed by atoms with Crippen LogP contribution >= 0.6 is 15.9 Å². The second-order valence-corrected chi connectivity index (χ2v) is 11.6. The van der Waals surface area contributed by atoms with Gasteiger partial charge in [0.2, 0.25) is 15.9 Å². The summed E-state index contributed by atoms with van der Waals surface area (Å²) >= 11 is 3.49. The summed E-state index contributed by atoms with van der Waals surface area (Å²) in [5.74, 6) is 0.497. The summed E-state index contributed by atoms with van der Waals surface area (Å²) in [6.07, 6.45) is 1.89. The van der Waals surface area contributed by atoms with Crippen molar-refractivity contribution in [3.63, 3.8) is 0 Å². The van der Waals surface area contributed by atoms with Crippen molar-refractivity contribution < 1.29 is 17.9 Å². The van der Waals surface area contributed by atoms with Crippen molar-refractivity contribution >= 4 is 37.5 Å². The van der Waals surface area contributed by atoms with E-state index in [9.17, 15) is 13.2 Å². The molecule has 172 valence electrons. The molecule has 0 spiro atoms. The van der Waals surface area contributed by atoms with Crippen molar-refractivity contribution in [2.45, 2.75) is 43.9 Å². The summed E-state index contributed by atoms with van der Waals surface area (Å²) in [4.78, 5) is 15.3. The molecular formula is C24H29BrN2O4S. The van der Waals surface area contributed by atoms with Gasteiger partial charge < -0.3 is 9.64 Å². The lowest BCUT2D eigenvalue weighted by Gasteiger charge is -2.33. The summed E-state index contributed by atoms with van der Waals surface area (Å²) in [6, 6.07) is 11.4. The normalized spacial score (nSPS) is 17.6. The van der Waals surface area contributed by atoms with Gasteiger partial charge in [-0.1, -0.05) is 35.8 Å². The molecule has 0 unspecified atom stereocenters. The SMILES string of the molecule is COc1ccc(C(C)C)cc1S(=O)(=O)N1CCC(C(=O)N2CCc3cc(Br)ccc32)CC1. The van der Waals surface area contributed by atoms with E-state index in [0.29, 0.717) is 38.2 Å². The second-order valence-electron chi connectivity index (χ2n) is 8.76. The first-order chi connectivity index (χ1) is 15.2. The summed E-state index contributed by atoms with van der Waals surface area (Å²) < 4.78 is 34.7. The van der Waals surface area contributed by atoms with E-state index in [2.05, 4.69) is 22.0 Å². The van der Waals surface area contributed by atoms with Crippen molar-refractivity contribution in [3.8, 4) is 5.75 Å². The lowest BCUT2D eigenvalue weighted by atomic mass is 9.96. The van der Waals surface area contributed by atoms with Crippen molar-refractivity contribution in [1.29, 1.82) is 0 Å². The van der Waals surface area contributed by atoms with Gasteiger partial charge in [0.25, 0.3) is 0 Å². The van der Waals surface area contributed by atoms with Crippen molar-refractivity contribution in [3.05, 3.63) is 52.0 Å². The van der Waals surface area contributed by atoms with Crippen molar-refractivity contribution in [1.82, 2.24) is 4.31 Å². The van der Waals surface area contributed by atoms with E-state index < -0.39 is 10.0 Å². The lowest BCUT2D eigenvalue weighted by molar-refractivity contribution is -0.123. The van der Waals surface area contributed by atoms with Crippen LogP contribution in [0, 0.1) is 5.92 Å². The molecule has 0 radical (unpaired) electrons. The van der Waals surface area contributed by atoms with Gasteiger partial charge in [-0.2, -0.15) is 4.31 Å². The molecule has 1 fully saturated rings. The molecule has 1 amide bonds. The highest BCUT2D eigenvalue weighted by Crippen LogP contribution is 2.35. The maximum Gasteiger partial charge on any atom is 0.246 e. The number of carbonyl (C=O) groups excluding carboxylic acids is 1. The Balaban J connectivity index is 1.48. The Morgan fingerprint density at radius 3 is 2.47 bits per heavy atom. The van der Waals surface area contributed by atoms with Gasteiger partial charge in [-0.15, -0.1) is 0 Å². The van der Waals surface area contributed by atoms with Crippen LogP contribution < -0.4 is 9.64 Å². The van der Waals surface area contributed by atoms with E-state index >= 15 is 0 Å². The zero-order valence-corrected chi connectivity index (χ0v) is 21.1. The van der Waals surface area contributed by atoms with Crippen LogP contribution in [0.2, 0.25) is 0 Å². The quantitative estimate of drug-likeness (QED) is 0.578. The van der Waals surface area contributed by atoms with Crippen LogP contribution in [0.5, 0.6) is 5.75 Å². The standard InChI is InChI=1S/C24H29BrN2O4S/c1-16(2)18-4-7-22(31-3)23(15-18)32(29,30)26-11-8-17(9-12-26)24(28)27-13-10-19-14-20(25)5-6-21(19)27/h4-7,14-17H,8-13H2,1-3H3. The van der Waals surface area contributed by atoms with Gasteiger partial charge in [-0.05, 0) is 66.6 Å².